The molecule has 0 radical (unpaired) electrons. The van der Waals surface area contributed by atoms with Crippen molar-refractivity contribution in [3.05, 3.63) is 60.2 Å². The highest BCUT2D eigenvalue weighted by Crippen LogP contribution is 2.33. The Labute approximate surface area is 179 Å². The van der Waals surface area contributed by atoms with Gasteiger partial charge in [-0.05, 0) is 44.6 Å². The Bertz CT molecular complexity index is 713. The fraction of sp³-hybridized carbons (Fsp3) is 0.520. The minimum Gasteiger partial charge on any atom is -0.392 e. The van der Waals surface area contributed by atoms with Crippen molar-refractivity contribution in [3.8, 4) is 0 Å². The van der Waals surface area contributed by atoms with Gasteiger partial charge in [0.2, 0.25) is 5.91 Å². The lowest BCUT2D eigenvalue weighted by atomic mass is 9.90. The number of aliphatic hydroxyl groups excluding tert-OH is 2. The minimum atomic E-state index is -0.645. The number of aliphatic hydroxyl groups is 2. The van der Waals surface area contributed by atoms with E-state index in [1.54, 1.807) is 12.2 Å². The smallest absolute Gasteiger partial charge is 0.219 e. The van der Waals surface area contributed by atoms with Gasteiger partial charge in [-0.3, -0.25) is 9.59 Å². The summed E-state index contributed by atoms with van der Waals surface area (Å²) in [5.74, 6) is -0.413. The summed E-state index contributed by atoms with van der Waals surface area (Å²) in [6.07, 6.45) is 10.5. The van der Waals surface area contributed by atoms with E-state index in [1.807, 2.05) is 49.4 Å². The number of nitrogens with one attached hydrogen (secondary N) is 1. The normalized spacial score (nSPS) is 22.8. The molecule has 1 aromatic carbocycles. The number of rotatable bonds is 12. The number of aryl methyl sites for hydroxylation is 1. The molecule has 4 atom stereocenters. The van der Waals surface area contributed by atoms with E-state index in [9.17, 15) is 19.8 Å². The number of hydrogen-bond donors (Lipinski definition) is 3. The molecule has 0 spiro atoms. The Hall–Kier alpha value is -2.24. The largest absolute Gasteiger partial charge is 0.392 e. The molecule has 0 saturated heterocycles. The summed E-state index contributed by atoms with van der Waals surface area (Å²) >= 11 is 0. The molecule has 0 bridgehead atoms. The number of carbonyl (C=O) groups is 2. The first kappa shape index (κ1) is 24.0. The van der Waals surface area contributed by atoms with E-state index in [2.05, 4.69) is 5.32 Å². The van der Waals surface area contributed by atoms with Crippen molar-refractivity contribution >= 4 is 11.7 Å². The van der Waals surface area contributed by atoms with Crippen LogP contribution in [0.1, 0.15) is 51.0 Å². The number of benzene rings is 1. The molecule has 5 nitrogen and oxygen atoms in total. The summed E-state index contributed by atoms with van der Waals surface area (Å²) in [4.78, 5) is 23.7. The van der Waals surface area contributed by atoms with E-state index in [0.29, 0.717) is 25.8 Å². The van der Waals surface area contributed by atoms with Gasteiger partial charge in [0.25, 0.3) is 0 Å². The minimum absolute atomic E-state index is 0.0312. The zero-order valence-electron chi connectivity index (χ0n) is 17.9. The standard InChI is InChI=1S/C25H35NO4/c1-2-26-25(30)13-9-4-3-8-12-21-22(24(29)18-23(21)28)17-16-20(27)15-14-19-10-6-5-7-11-19/h3,5-8,10-11,16-17,20-23,27-28H,2,4,9,12-15,18H2,1H3,(H,26,30)/b8-3+,17-16+. The Morgan fingerprint density at radius 2 is 2.03 bits per heavy atom. The molecule has 0 heterocycles. The predicted molar refractivity (Wildman–Crippen MR) is 119 cm³/mol. The number of allylic oxidation sites excluding steroid dienone is 3. The van der Waals surface area contributed by atoms with Crippen LogP contribution in [-0.2, 0) is 16.0 Å². The maximum Gasteiger partial charge on any atom is 0.219 e. The predicted octanol–water partition coefficient (Wildman–Crippen LogP) is 3.36. The Morgan fingerprint density at radius 3 is 2.77 bits per heavy atom. The van der Waals surface area contributed by atoms with Crippen LogP contribution in [0.3, 0.4) is 0 Å². The summed E-state index contributed by atoms with van der Waals surface area (Å²) < 4.78 is 0. The molecule has 3 N–H and O–H groups in total. The van der Waals surface area contributed by atoms with Crippen molar-refractivity contribution in [2.75, 3.05) is 6.54 Å². The van der Waals surface area contributed by atoms with E-state index >= 15 is 0 Å². The first-order valence-electron chi connectivity index (χ1n) is 11.0. The van der Waals surface area contributed by atoms with Crippen LogP contribution < -0.4 is 5.32 Å². The van der Waals surface area contributed by atoms with Crippen molar-refractivity contribution in [3.63, 3.8) is 0 Å². The van der Waals surface area contributed by atoms with Gasteiger partial charge in [-0.2, -0.15) is 0 Å². The molecular formula is C25H35NO4. The molecule has 0 aromatic heterocycles. The van der Waals surface area contributed by atoms with Crippen LogP contribution in [0.25, 0.3) is 0 Å². The zero-order chi connectivity index (χ0) is 21.8. The van der Waals surface area contributed by atoms with Gasteiger partial charge in [0.05, 0.1) is 12.2 Å². The lowest BCUT2D eigenvalue weighted by Crippen LogP contribution is -2.21. The SMILES string of the molecule is CCNC(=O)CCC/C=C/CC1C(O)CC(=O)C1/C=C/C(O)CCc1ccccc1. The number of amides is 1. The molecule has 1 fully saturated rings. The third-order valence-corrected chi connectivity index (χ3v) is 5.57. The Morgan fingerprint density at radius 1 is 1.27 bits per heavy atom. The van der Waals surface area contributed by atoms with E-state index < -0.39 is 12.2 Å². The van der Waals surface area contributed by atoms with Gasteiger partial charge in [0.15, 0.2) is 0 Å². The van der Waals surface area contributed by atoms with Crippen molar-refractivity contribution in [1.29, 1.82) is 0 Å². The Kier molecular flexibility index (Phi) is 10.5. The van der Waals surface area contributed by atoms with Crippen molar-refractivity contribution in [1.82, 2.24) is 5.32 Å². The van der Waals surface area contributed by atoms with Crippen LogP contribution in [0.15, 0.2) is 54.6 Å². The molecule has 4 unspecified atom stereocenters. The van der Waals surface area contributed by atoms with Gasteiger partial charge in [-0.25, -0.2) is 0 Å². The highest BCUT2D eigenvalue weighted by atomic mass is 16.3. The maximum atomic E-state index is 12.3. The van der Waals surface area contributed by atoms with E-state index in [0.717, 1.165) is 19.3 Å². The number of Topliss-reactive ketones (excluding diaryl/α,β-unsaturated/α-hetero) is 1. The summed E-state index contributed by atoms with van der Waals surface area (Å²) in [6, 6.07) is 9.99. The number of hydrogen-bond acceptors (Lipinski definition) is 4. The molecule has 30 heavy (non-hydrogen) atoms. The van der Waals surface area contributed by atoms with Crippen LogP contribution in [0.2, 0.25) is 0 Å². The molecule has 1 aliphatic carbocycles. The summed E-state index contributed by atoms with van der Waals surface area (Å²) in [5, 5.41) is 23.3. The average molecular weight is 414 g/mol. The molecule has 2 rings (SSSR count). The van der Waals surface area contributed by atoms with E-state index in [-0.39, 0.29) is 29.9 Å². The van der Waals surface area contributed by atoms with Gasteiger partial charge in [0.1, 0.15) is 5.78 Å². The second-order valence-corrected chi connectivity index (χ2v) is 7.96. The zero-order valence-corrected chi connectivity index (χ0v) is 17.9. The average Bonchev–Trinajstić information content (AvgIpc) is 3.00. The molecule has 1 aliphatic rings. The van der Waals surface area contributed by atoms with E-state index in [4.69, 9.17) is 0 Å². The van der Waals surface area contributed by atoms with Crippen LogP contribution in [0, 0.1) is 11.8 Å². The second kappa shape index (κ2) is 13.1. The highest BCUT2D eigenvalue weighted by Gasteiger charge is 2.39. The molecule has 5 heteroatoms. The van der Waals surface area contributed by atoms with Crippen molar-refractivity contribution in [2.45, 2.75) is 64.1 Å². The van der Waals surface area contributed by atoms with Crippen molar-refractivity contribution in [2.24, 2.45) is 11.8 Å². The van der Waals surface area contributed by atoms with Crippen LogP contribution in [-0.4, -0.2) is 40.7 Å². The monoisotopic (exact) mass is 413 g/mol. The first-order valence-corrected chi connectivity index (χ1v) is 11.0. The van der Waals surface area contributed by atoms with E-state index in [1.165, 1.54) is 5.56 Å². The quantitative estimate of drug-likeness (QED) is 0.362. The molecule has 1 aromatic rings. The van der Waals surface area contributed by atoms with Crippen LogP contribution >= 0.6 is 0 Å². The van der Waals surface area contributed by atoms with Gasteiger partial charge in [-0.1, -0.05) is 54.6 Å². The van der Waals surface area contributed by atoms with Gasteiger partial charge in [-0.15, -0.1) is 0 Å². The number of unbranched alkanes of at least 4 members (excludes halogenated alkanes) is 1. The van der Waals surface area contributed by atoms with Crippen LogP contribution in [0.4, 0.5) is 0 Å². The molecule has 1 amide bonds. The maximum absolute atomic E-state index is 12.3. The molecule has 164 valence electrons. The summed E-state index contributed by atoms with van der Waals surface area (Å²) in [6.45, 7) is 2.55. The third kappa shape index (κ3) is 8.25. The summed E-state index contributed by atoms with van der Waals surface area (Å²) in [5.41, 5.74) is 1.17. The molecule has 0 aliphatic heterocycles. The number of ketones is 1. The first-order chi connectivity index (χ1) is 14.5. The molecule has 1 saturated carbocycles. The fourth-order valence-corrected chi connectivity index (χ4v) is 3.87. The van der Waals surface area contributed by atoms with Gasteiger partial charge >= 0.3 is 0 Å². The topological polar surface area (TPSA) is 86.6 Å². The second-order valence-electron chi connectivity index (χ2n) is 7.96. The van der Waals surface area contributed by atoms with Gasteiger partial charge in [0, 0.05) is 31.2 Å². The highest BCUT2D eigenvalue weighted by molar-refractivity contribution is 5.86. The van der Waals surface area contributed by atoms with Crippen molar-refractivity contribution < 1.29 is 19.8 Å². The molecular weight excluding hydrogens is 378 g/mol. The lowest BCUT2D eigenvalue weighted by molar-refractivity contribution is -0.121. The Balaban J connectivity index is 1.78. The van der Waals surface area contributed by atoms with Gasteiger partial charge < -0.3 is 15.5 Å². The fourth-order valence-electron chi connectivity index (χ4n) is 3.87. The number of carbonyl (C=O) groups excluding carboxylic acids is 2. The lowest BCUT2D eigenvalue weighted by Gasteiger charge is -2.17. The summed E-state index contributed by atoms with van der Waals surface area (Å²) in [7, 11) is 0. The van der Waals surface area contributed by atoms with Crippen LogP contribution in [0.5, 0.6) is 0 Å². The third-order valence-electron chi connectivity index (χ3n) is 5.57.